The van der Waals surface area contributed by atoms with Crippen LogP contribution in [0.1, 0.15) is 38.5 Å². The van der Waals surface area contributed by atoms with E-state index in [0.717, 1.165) is 18.5 Å². The third-order valence-corrected chi connectivity index (χ3v) is 4.10. The van der Waals surface area contributed by atoms with Crippen LogP contribution in [0.5, 0.6) is 0 Å². The highest BCUT2D eigenvalue weighted by atomic mass is 35.5. The molecule has 0 spiro atoms. The van der Waals surface area contributed by atoms with Crippen molar-refractivity contribution in [1.82, 2.24) is 0 Å². The normalized spacial score (nSPS) is 18.6. The van der Waals surface area contributed by atoms with Crippen molar-refractivity contribution in [2.24, 2.45) is 11.7 Å². The monoisotopic (exact) mass is 280 g/mol. The van der Waals surface area contributed by atoms with Crippen LogP contribution in [0.2, 0.25) is 5.02 Å². The zero-order chi connectivity index (χ0) is 13.7. The Morgan fingerprint density at radius 2 is 1.74 bits per heavy atom. The highest BCUT2D eigenvalue weighted by molar-refractivity contribution is 6.30. The van der Waals surface area contributed by atoms with Crippen molar-refractivity contribution in [3.63, 3.8) is 0 Å². The lowest BCUT2D eigenvalue weighted by atomic mass is 9.91. The summed E-state index contributed by atoms with van der Waals surface area (Å²) in [5.41, 5.74) is 6.47. The van der Waals surface area contributed by atoms with Crippen molar-refractivity contribution >= 4 is 23.2 Å². The van der Waals surface area contributed by atoms with Gasteiger partial charge in [0.15, 0.2) is 0 Å². The molecule has 2 rings (SSSR count). The summed E-state index contributed by atoms with van der Waals surface area (Å²) in [5.74, 6) is 0.0810. The van der Waals surface area contributed by atoms with Crippen molar-refractivity contribution in [2.75, 3.05) is 5.32 Å². The molecule has 1 aliphatic rings. The van der Waals surface area contributed by atoms with E-state index in [-0.39, 0.29) is 11.9 Å². The molecule has 0 heterocycles. The van der Waals surface area contributed by atoms with Crippen LogP contribution in [0.25, 0.3) is 0 Å². The van der Waals surface area contributed by atoms with Gasteiger partial charge in [0.2, 0.25) is 5.91 Å². The highest BCUT2D eigenvalue weighted by Crippen LogP contribution is 2.27. The number of nitrogens with one attached hydrogen (secondary N) is 1. The van der Waals surface area contributed by atoms with E-state index in [4.69, 9.17) is 17.3 Å². The van der Waals surface area contributed by atoms with Crippen LogP contribution in [0.3, 0.4) is 0 Å². The van der Waals surface area contributed by atoms with Gasteiger partial charge in [-0.1, -0.05) is 37.3 Å². The molecule has 1 amide bonds. The molecule has 1 unspecified atom stereocenters. The molecule has 0 bridgehead atoms. The van der Waals surface area contributed by atoms with E-state index < -0.39 is 0 Å². The Kier molecular flexibility index (Phi) is 5.08. The first kappa shape index (κ1) is 14.2. The Morgan fingerprint density at radius 1 is 1.16 bits per heavy atom. The molecule has 0 aliphatic heterocycles. The van der Waals surface area contributed by atoms with Gasteiger partial charge in [0.05, 0.1) is 0 Å². The summed E-state index contributed by atoms with van der Waals surface area (Å²) in [7, 11) is 0. The minimum Gasteiger partial charge on any atom is -0.373 e. The Labute approximate surface area is 119 Å². The molecule has 1 saturated carbocycles. The number of carbonyl (C=O) groups excluding carboxylic acids is 1. The molecule has 3 N–H and O–H groups in total. The minimum absolute atomic E-state index is 0.262. The van der Waals surface area contributed by atoms with Crippen molar-refractivity contribution in [3.8, 4) is 0 Å². The molecule has 1 fully saturated rings. The molecular formula is C15H21ClN2O. The number of hydrogen-bond acceptors (Lipinski definition) is 2. The molecule has 1 aliphatic carbocycles. The van der Waals surface area contributed by atoms with Crippen LogP contribution in [0.4, 0.5) is 5.69 Å². The number of halogens is 1. The fraction of sp³-hybridized carbons (Fsp3) is 0.533. The molecule has 104 valence electrons. The van der Waals surface area contributed by atoms with E-state index in [2.05, 4.69) is 5.32 Å². The van der Waals surface area contributed by atoms with Crippen LogP contribution < -0.4 is 11.1 Å². The Hall–Kier alpha value is -1.22. The van der Waals surface area contributed by atoms with Crippen molar-refractivity contribution < 1.29 is 4.79 Å². The number of hydrogen-bond donors (Lipinski definition) is 2. The second kappa shape index (κ2) is 6.80. The predicted molar refractivity (Wildman–Crippen MR) is 79.2 cm³/mol. The standard InChI is InChI=1S/C15H21ClN2O/c16-12-7-9-13(10-8-12)18-14(15(17)19)11-5-3-1-2-4-6-11/h7-11,14,18H,1-6H2,(H2,17,19). The zero-order valence-corrected chi connectivity index (χ0v) is 11.8. The first-order chi connectivity index (χ1) is 9.16. The smallest absolute Gasteiger partial charge is 0.240 e. The Morgan fingerprint density at radius 3 is 2.26 bits per heavy atom. The molecule has 1 aromatic rings. The fourth-order valence-electron chi connectivity index (χ4n) is 2.79. The third kappa shape index (κ3) is 4.13. The number of primary amides is 1. The number of anilines is 1. The Bertz CT molecular complexity index is 411. The second-order valence-electron chi connectivity index (χ2n) is 5.28. The summed E-state index contributed by atoms with van der Waals surface area (Å²) in [5, 5.41) is 3.96. The maximum atomic E-state index is 11.7. The van der Waals surface area contributed by atoms with Gasteiger partial charge in [-0.3, -0.25) is 4.79 Å². The van der Waals surface area contributed by atoms with Crippen molar-refractivity contribution in [3.05, 3.63) is 29.3 Å². The number of benzene rings is 1. The first-order valence-electron chi connectivity index (χ1n) is 6.98. The van der Waals surface area contributed by atoms with Gasteiger partial charge in [0.1, 0.15) is 6.04 Å². The van der Waals surface area contributed by atoms with Crippen molar-refractivity contribution in [2.45, 2.75) is 44.6 Å². The van der Waals surface area contributed by atoms with Crippen LogP contribution >= 0.6 is 11.6 Å². The molecule has 1 aromatic carbocycles. The predicted octanol–water partition coefficient (Wildman–Crippen LogP) is 3.58. The number of amides is 1. The lowest BCUT2D eigenvalue weighted by Crippen LogP contribution is -2.41. The van der Waals surface area contributed by atoms with E-state index in [1.165, 1.54) is 25.7 Å². The summed E-state index contributed by atoms with van der Waals surface area (Å²) < 4.78 is 0. The molecule has 4 heteroatoms. The van der Waals surface area contributed by atoms with Crippen LogP contribution in [0, 0.1) is 5.92 Å². The van der Waals surface area contributed by atoms with Crippen LogP contribution in [-0.4, -0.2) is 11.9 Å². The summed E-state index contributed by atoms with van der Waals surface area (Å²) >= 11 is 5.86. The van der Waals surface area contributed by atoms with Gasteiger partial charge < -0.3 is 11.1 Å². The van der Waals surface area contributed by atoms with Gasteiger partial charge in [-0.2, -0.15) is 0 Å². The van der Waals surface area contributed by atoms with Crippen LogP contribution in [-0.2, 0) is 4.79 Å². The summed E-state index contributed by atoms with van der Waals surface area (Å²) in [6.07, 6.45) is 7.07. The van der Waals surface area contributed by atoms with Gasteiger partial charge in [0.25, 0.3) is 0 Å². The van der Waals surface area contributed by atoms with E-state index in [0.29, 0.717) is 10.9 Å². The zero-order valence-electron chi connectivity index (χ0n) is 11.1. The van der Waals surface area contributed by atoms with E-state index >= 15 is 0 Å². The second-order valence-corrected chi connectivity index (χ2v) is 5.72. The quantitative estimate of drug-likeness (QED) is 0.829. The van der Waals surface area contributed by atoms with E-state index in [9.17, 15) is 4.79 Å². The summed E-state index contributed by atoms with van der Waals surface area (Å²) in [4.78, 5) is 11.7. The topological polar surface area (TPSA) is 55.1 Å². The van der Waals surface area contributed by atoms with E-state index in [1.54, 1.807) is 0 Å². The fourth-order valence-corrected chi connectivity index (χ4v) is 2.92. The maximum Gasteiger partial charge on any atom is 0.240 e. The van der Waals surface area contributed by atoms with Crippen LogP contribution in [0.15, 0.2) is 24.3 Å². The Balaban J connectivity index is 2.06. The van der Waals surface area contributed by atoms with E-state index in [1.807, 2.05) is 24.3 Å². The first-order valence-corrected chi connectivity index (χ1v) is 7.36. The molecule has 1 atom stereocenters. The maximum absolute atomic E-state index is 11.7. The average molecular weight is 281 g/mol. The van der Waals surface area contributed by atoms with Gasteiger partial charge >= 0.3 is 0 Å². The highest BCUT2D eigenvalue weighted by Gasteiger charge is 2.26. The summed E-state index contributed by atoms with van der Waals surface area (Å²) in [6.45, 7) is 0. The summed E-state index contributed by atoms with van der Waals surface area (Å²) in [6, 6.07) is 7.12. The van der Waals surface area contributed by atoms with Gasteiger partial charge in [0, 0.05) is 10.7 Å². The van der Waals surface area contributed by atoms with Gasteiger partial charge in [-0.05, 0) is 43.0 Å². The number of nitrogens with two attached hydrogens (primary N) is 1. The SMILES string of the molecule is NC(=O)C(Nc1ccc(Cl)cc1)C1CCCCCC1. The number of carbonyl (C=O) groups is 1. The number of rotatable bonds is 4. The average Bonchev–Trinajstić information content (AvgIpc) is 2.66. The largest absolute Gasteiger partial charge is 0.373 e. The lowest BCUT2D eigenvalue weighted by molar-refractivity contribution is -0.119. The van der Waals surface area contributed by atoms with Gasteiger partial charge in [-0.15, -0.1) is 0 Å². The molecular weight excluding hydrogens is 260 g/mol. The molecule has 0 saturated heterocycles. The molecule has 3 nitrogen and oxygen atoms in total. The molecule has 19 heavy (non-hydrogen) atoms. The lowest BCUT2D eigenvalue weighted by Gasteiger charge is -2.25. The molecule has 0 aromatic heterocycles. The molecule has 0 radical (unpaired) electrons. The van der Waals surface area contributed by atoms with Gasteiger partial charge in [-0.25, -0.2) is 0 Å². The third-order valence-electron chi connectivity index (χ3n) is 3.84. The minimum atomic E-state index is -0.278. The van der Waals surface area contributed by atoms with Crippen molar-refractivity contribution in [1.29, 1.82) is 0 Å².